The number of ether oxygens (including phenoxy) is 1. The highest BCUT2D eigenvalue weighted by atomic mass is 16.5. The number of aryl methyl sites for hydroxylation is 3. The molecule has 29 heavy (non-hydrogen) atoms. The van der Waals surface area contributed by atoms with Crippen molar-refractivity contribution in [2.75, 3.05) is 7.11 Å². The van der Waals surface area contributed by atoms with Crippen LogP contribution < -0.4 is 0 Å². The molecule has 0 saturated carbocycles. The first kappa shape index (κ1) is 18.8. The first-order valence-corrected chi connectivity index (χ1v) is 9.44. The zero-order chi connectivity index (χ0) is 20.5. The van der Waals surface area contributed by atoms with E-state index in [9.17, 15) is 4.79 Å². The van der Waals surface area contributed by atoms with Crippen LogP contribution in [0.5, 0.6) is 0 Å². The number of aromatic nitrogens is 2. The molecule has 6 nitrogen and oxygen atoms in total. The Morgan fingerprint density at radius 2 is 1.79 bits per heavy atom. The molecule has 0 unspecified atom stereocenters. The minimum absolute atomic E-state index is 0.291. The Labute approximate surface area is 169 Å². The average molecular weight is 386 g/mol. The largest absolute Gasteiger partial charge is 0.465 e. The van der Waals surface area contributed by atoms with Crippen LogP contribution in [0.15, 0.2) is 58.5 Å². The third-order valence-electron chi connectivity index (χ3n) is 4.94. The molecule has 0 spiro atoms. The second-order valence-electron chi connectivity index (χ2n) is 7.11. The van der Waals surface area contributed by atoms with Gasteiger partial charge in [-0.2, -0.15) is 5.10 Å². The molecule has 4 rings (SSSR count). The third-order valence-corrected chi connectivity index (χ3v) is 4.94. The monoisotopic (exact) mass is 386 g/mol. The Hall–Kier alpha value is -3.54. The Balaban J connectivity index is 1.97. The number of fused-ring (bicyclic) bond motifs is 1. The number of esters is 1. The van der Waals surface area contributed by atoms with E-state index in [1.807, 2.05) is 56.3 Å². The molecule has 146 valence electrons. The fourth-order valence-electron chi connectivity index (χ4n) is 3.52. The lowest BCUT2D eigenvalue weighted by molar-refractivity contribution is -0.132. The van der Waals surface area contributed by atoms with Crippen LogP contribution in [0.2, 0.25) is 0 Å². The predicted molar refractivity (Wildman–Crippen MR) is 114 cm³/mol. The van der Waals surface area contributed by atoms with Crippen molar-refractivity contribution in [3.63, 3.8) is 0 Å². The molecule has 2 aromatic carbocycles. The third kappa shape index (κ3) is 3.49. The van der Waals surface area contributed by atoms with E-state index >= 15 is 0 Å². The number of aliphatic imine (C=N–C) groups is 2. The van der Waals surface area contributed by atoms with Crippen LogP contribution in [-0.2, 0) is 9.53 Å². The summed E-state index contributed by atoms with van der Waals surface area (Å²) < 4.78 is 6.75. The van der Waals surface area contributed by atoms with E-state index in [2.05, 4.69) is 23.1 Å². The summed E-state index contributed by atoms with van der Waals surface area (Å²) in [6.45, 7) is 5.97. The molecule has 0 aliphatic carbocycles. The topological polar surface area (TPSA) is 68.8 Å². The molecular formula is C23H22N4O2. The quantitative estimate of drug-likeness (QED) is 0.619. The number of hydrogen-bond acceptors (Lipinski definition) is 5. The van der Waals surface area contributed by atoms with Gasteiger partial charge in [0.05, 0.1) is 24.2 Å². The zero-order valence-electron chi connectivity index (χ0n) is 16.9. The summed E-state index contributed by atoms with van der Waals surface area (Å²) in [5, 5.41) is 4.64. The maximum atomic E-state index is 12.4. The predicted octanol–water partition coefficient (Wildman–Crippen LogP) is 4.57. The minimum atomic E-state index is -0.456. The van der Waals surface area contributed by atoms with Gasteiger partial charge in [-0.05, 0) is 44.0 Å². The van der Waals surface area contributed by atoms with Gasteiger partial charge in [-0.3, -0.25) is 0 Å². The lowest BCUT2D eigenvalue weighted by Crippen LogP contribution is -2.20. The first-order valence-electron chi connectivity index (χ1n) is 9.44. The normalized spacial score (nSPS) is 13.2. The molecule has 0 radical (unpaired) electrons. The number of benzene rings is 2. The van der Waals surface area contributed by atoms with Gasteiger partial charge in [0.25, 0.3) is 0 Å². The maximum absolute atomic E-state index is 12.4. The van der Waals surface area contributed by atoms with Crippen LogP contribution in [0.3, 0.4) is 0 Å². The zero-order valence-corrected chi connectivity index (χ0v) is 16.9. The summed E-state index contributed by atoms with van der Waals surface area (Å²) in [7, 11) is 1.37. The van der Waals surface area contributed by atoms with Crippen molar-refractivity contribution in [3.05, 3.63) is 70.9 Å². The van der Waals surface area contributed by atoms with E-state index in [4.69, 9.17) is 9.73 Å². The summed E-state index contributed by atoms with van der Waals surface area (Å²) in [6.07, 6.45) is 0.291. The van der Waals surface area contributed by atoms with Gasteiger partial charge in [-0.15, -0.1) is 0 Å². The second kappa shape index (κ2) is 7.47. The fourth-order valence-corrected chi connectivity index (χ4v) is 3.52. The van der Waals surface area contributed by atoms with E-state index in [1.165, 1.54) is 12.7 Å². The Morgan fingerprint density at radius 3 is 2.48 bits per heavy atom. The smallest absolute Gasteiger partial charge is 0.352 e. The lowest BCUT2D eigenvalue weighted by atomic mass is 9.98. The highest BCUT2D eigenvalue weighted by molar-refractivity contribution is 6.42. The summed E-state index contributed by atoms with van der Waals surface area (Å²) in [5.74, 6) is 0.157. The SMILES string of the molecule is COC(=O)C1=Nc2c(C)nn(-c3ccccc3)c2N=C(c2ccc(C)cc2C)C1. The van der Waals surface area contributed by atoms with Crippen LogP contribution >= 0.6 is 0 Å². The number of methoxy groups -OCH3 is 1. The fraction of sp³-hybridized carbons (Fsp3) is 0.217. The molecule has 0 N–H and O–H groups in total. The van der Waals surface area contributed by atoms with Crippen molar-refractivity contribution in [1.82, 2.24) is 9.78 Å². The van der Waals surface area contributed by atoms with Crippen LogP contribution in [0.1, 0.15) is 28.8 Å². The Morgan fingerprint density at radius 1 is 1.03 bits per heavy atom. The second-order valence-corrected chi connectivity index (χ2v) is 7.11. The van der Waals surface area contributed by atoms with Gasteiger partial charge in [-0.1, -0.05) is 42.0 Å². The van der Waals surface area contributed by atoms with Gasteiger partial charge >= 0.3 is 5.97 Å². The number of carbonyl (C=O) groups is 1. The summed E-state index contributed by atoms with van der Waals surface area (Å²) in [4.78, 5) is 22.0. The van der Waals surface area contributed by atoms with Gasteiger partial charge in [0, 0.05) is 6.42 Å². The first-order chi connectivity index (χ1) is 14.0. The molecule has 0 saturated heterocycles. The highest BCUT2D eigenvalue weighted by Gasteiger charge is 2.26. The van der Waals surface area contributed by atoms with Crippen molar-refractivity contribution >= 4 is 28.9 Å². The molecular weight excluding hydrogens is 364 g/mol. The van der Waals surface area contributed by atoms with E-state index in [-0.39, 0.29) is 0 Å². The molecule has 2 heterocycles. The number of para-hydroxylation sites is 1. The van der Waals surface area contributed by atoms with Gasteiger partial charge in [0.15, 0.2) is 5.82 Å². The molecule has 0 atom stereocenters. The molecule has 0 fully saturated rings. The Bertz CT molecular complexity index is 1160. The van der Waals surface area contributed by atoms with Gasteiger partial charge < -0.3 is 4.74 Å². The molecule has 0 amide bonds. The van der Waals surface area contributed by atoms with Crippen LogP contribution in [0.4, 0.5) is 11.5 Å². The summed E-state index contributed by atoms with van der Waals surface area (Å²) in [6, 6.07) is 16.0. The lowest BCUT2D eigenvalue weighted by Gasteiger charge is -2.11. The average Bonchev–Trinajstić information content (AvgIpc) is 2.89. The van der Waals surface area contributed by atoms with E-state index < -0.39 is 5.97 Å². The van der Waals surface area contributed by atoms with E-state index in [1.54, 1.807) is 4.68 Å². The molecule has 6 heteroatoms. The highest BCUT2D eigenvalue weighted by Crippen LogP contribution is 2.37. The molecule has 0 bridgehead atoms. The standard InChI is InChI=1S/C23H22N4O2/c1-14-10-11-18(15(2)12-14)19-13-20(23(28)29-4)24-21-16(3)26-27(22(21)25-19)17-8-6-5-7-9-17/h5-12H,13H2,1-4H3. The number of rotatable bonds is 3. The van der Waals surface area contributed by atoms with Crippen molar-refractivity contribution in [2.24, 2.45) is 9.98 Å². The number of hydrogen-bond donors (Lipinski definition) is 0. The van der Waals surface area contributed by atoms with Crippen LogP contribution in [0, 0.1) is 20.8 Å². The van der Waals surface area contributed by atoms with Gasteiger partial charge in [-0.25, -0.2) is 19.5 Å². The van der Waals surface area contributed by atoms with E-state index in [0.717, 1.165) is 22.5 Å². The van der Waals surface area contributed by atoms with Crippen LogP contribution in [-0.4, -0.2) is 34.3 Å². The van der Waals surface area contributed by atoms with E-state index in [0.29, 0.717) is 29.3 Å². The van der Waals surface area contributed by atoms with Gasteiger partial charge in [0.1, 0.15) is 11.4 Å². The molecule has 3 aromatic rings. The van der Waals surface area contributed by atoms with Crippen molar-refractivity contribution in [1.29, 1.82) is 0 Å². The molecule has 1 aromatic heterocycles. The van der Waals surface area contributed by atoms with Crippen molar-refractivity contribution in [2.45, 2.75) is 27.2 Å². The van der Waals surface area contributed by atoms with Crippen molar-refractivity contribution in [3.8, 4) is 5.69 Å². The van der Waals surface area contributed by atoms with Crippen molar-refractivity contribution < 1.29 is 9.53 Å². The summed E-state index contributed by atoms with van der Waals surface area (Å²) >= 11 is 0. The molecule has 1 aliphatic heterocycles. The maximum Gasteiger partial charge on any atom is 0.352 e. The Kier molecular flexibility index (Phi) is 4.84. The number of nitrogens with zero attached hydrogens (tertiary/aromatic N) is 4. The number of carbonyl (C=O) groups excluding carboxylic acids is 1. The van der Waals surface area contributed by atoms with Crippen LogP contribution in [0.25, 0.3) is 5.69 Å². The van der Waals surface area contributed by atoms with Gasteiger partial charge in [0.2, 0.25) is 0 Å². The summed E-state index contributed by atoms with van der Waals surface area (Å²) in [5.41, 5.74) is 6.52. The molecule has 1 aliphatic rings. The minimum Gasteiger partial charge on any atom is -0.465 e.